The maximum absolute atomic E-state index is 14.8. The normalized spacial score (nSPS) is 24.4. The molecule has 1 unspecified atom stereocenters. The molecule has 2 aliphatic rings. The van der Waals surface area contributed by atoms with Crippen LogP contribution in [-0.2, 0) is 5.54 Å². The molecule has 4 nitrogen and oxygen atoms in total. The fourth-order valence-electron chi connectivity index (χ4n) is 3.99. The summed E-state index contributed by atoms with van der Waals surface area (Å²) < 4.78 is 14.8. The number of fused-ring (bicyclic) bond motifs is 1. The molecular weight excluding hydrogens is 359 g/mol. The highest BCUT2D eigenvalue weighted by Crippen LogP contribution is 2.51. The molecule has 2 N–H and O–H groups in total. The molecule has 2 atom stereocenters. The second kappa shape index (κ2) is 7.16. The van der Waals surface area contributed by atoms with Crippen molar-refractivity contribution in [1.82, 2.24) is 4.98 Å². The van der Waals surface area contributed by atoms with Gasteiger partial charge in [0.2, 0.25) is 0 Å². The number of benzene rings is 1. The highest BCUT2D eigenvalue weighted by atomic mass is 32.2. The number of rotatable bonds is 3. The van der Waals surface area contributed by atoms with Gasteiger partial charge in [-0.05, 0) is 54.7 Å². The van der Waals surface area contributed by atoms with Crippen LogP contribution in [0.4, 0.5) is 4.39 Å². The van der Waals surface area contributed by atoms with Crippen molar-refractivity contribution in [2.24, 2.45) is 16.6 Å². The van der Waals surface area contributed by atoms with Gasteiger partial charge in [0, 0.05) is 17.5 Å². The molecule has 1 aliphatic carbocycles. The minimum atomic E-state index is -0.532. The lowest BCUT2D eigenvalue weighted by atomic mass is 9.80. The van der Waals surface area contributed by atoms with Crippen LogP contribution in [-0.4, -0.2) is 15.9 Å². The highest BCUT2D eigenvalue weighted by molar-refractivity contribution is 8.13. The Hall–Kier alpha value is -2.65. The van der Waals surface area contributed by atoms with Gasteiger partial charge in [-0.1, -0.05) is 30.3 Å². The number of nitrogens with two attached hydrogens (primary N) is 1. The first-order valence-electron chi connectivity index (χ1n) is 8.93. The number of hydrogen-bond acceptors (Lipinski definition) is 5. The molecule has 1 aromatic heterocycles. The van der Waals surface area contributed by atoms with E-state index in [1.807, 2.05) is 24.3 Å². The predicted molar refractivity (Wildman–Crippen MR) is 107 cm³/mol. The van der Waals surface area contributed by atoms with E-state index in [1.54, 1.807) is 30.0 Å². The van der Waals surface area contributed by atoms with Gasteiger partial charge in [-0.2, -0.15) is 5.26 Å². The first kappa shape index (κ1) is 17.7. The van der Waals surface area contributed by atoms with E-state index in [1.165, 1.54) is 12.3 Å². The number of nitriles is 1. The lowest BCUT2D eigenvalue weighted by Crippen LogP contribution is -2.37. The monoisotopic (exact) mass is 378 g/mol. The van der Waals surface area contributed by atoms with Gasteiger partial charge < -0.3 is 5.73 Å². The molecule has 1 saturated carbocycles. The minimum absolute atomic E-state index is 0.223. The van der Waals surface area contributed by atoms with Crippen LogP contribution in [0.2, 0.25) is 0 Å². The van der Waals surface area contributed by atoms with Gasteiger partial charge >= 0.3 is 0 Å². The topological polar surface area (TPSA) is 75.1 Å². The molecule has 2 heterocycles. The van der Waals surface area contributed by atoms with Crippen molar-refractivity contribution in [2.75, 3.05) is 5.75 Å². The van der Waals surface area contributed by atoms with E-state index < -0.39 is 5.54 Å². The molecule has 136 valence electrons. The average molecular weight is 378 g/mol. The Morgan fingerprint density at radius 1 is 1.30 bits per heavy atom. The van der Waals surface area contributed by atoms with Crippen LogP contribution in [0.3, 0.4) is 0 Å². The van der Waals surface area contributed by atoms with Crippen LogP contribution >= 0.6 is 11.8 Å². The zero-order valence-corrected chi connectivity index (χ0v) is 15.5. The standard InChI is InChI=1S/C21H19FN4S/c22-19-8-5-14(3-6-17-7-4-15(11-23)12-25-17)10-18(19)21-9-1-2-16(21)13-27-20(24)26-21/h3-8,10,12,16H,1-2,9,13H2,(H2,24,26)/t16-,21?/m0/s1. The summed E-state index contributed by atoms with van der Waals surface area (Å²) in [6.45, 7) is 0. The van der Waals surface area contributed by atoms with Crippen molar-refractivity contribution in [1.29, 1.82) is 5.26 Å². The first-order chi connectivity index (χ1) is 13.1. The number of amidine groups is 1. The maximum atomic E-state index is 14.8. The molecule has 0 amide bonds. The number of halogens is 1. The van der Waals surface area contributed by atoms with Gasteiger partial charge in [0.25, 0.3) is 0 Å². The Balaban J connectivity index is 1.68. The van der Waals surface area contributed by atoms with E-state index >= 15 is 0 Å². The van der Waals surface area contributed by atoms with Crippen molar-refractivity contribution >= 4 is 29.1 Å². The molecule has 1 aliphatic heterocycles. The average Bonchev–Trinajstić information content (AvgIpc) is 3.11. The number of nitrogens with zero attached hydrogens (tertiary/aromatic N) is 3. The molecule has 2 aromatic rings. The Morgan fingerprint density at radius 2 is 2.19 bits per heavy atom. The summed E-state index contributed by atoms with van der Waals surface area (Å²) >= 11 is 1.57. The van der Waals surface area contributed by atoms with Gasteiger partial charge in [-0.15, -0.1) is 0 Å². The predicted octanol–water partition coefficient (Wildman–Crippen LogP) is 4.32. The van der Waals surface area contributed by atoms with Gasteiger partial charge in [-0.25, -0.2) is 4.39 Å². The van der Waals surface area contributed by atoms with Gasteiger partial charge in [0.05, 0.1) is 16.8 Å². The number of hydrogen-bond donors (Lipinski definition) is 1. The van der Waals surface area contributed by atoms with Crippen LogP contribution < -0.4 is 5.73 Å². The molecule has 0 saturated heterocycles. The number of thioether (sulfide) groups is 1. The van der Waals surface area contributed by atoms with Crippen molar-refractivity contribution in [2.45, 2.75) is 24.8 Å². The minimum Gasteiger partial charge on any atom is -0.379 e. The molecule has 0 spiro atoms. The van der Waals surface area contributed by atoms with E-state index in [9.17, 15) is 4.39 Å². The van der Waals surface area contributed by atoms with E-state index in [0.717, 1.165) is 36.3 Å². The molecule has 27 heavy (non-hydrogen) atoms. The maximum Gasteiger partial charge on any atom is 0.154 e. The van der Waals surface area contributed by atoms with E-state index in [0.29, 0.717) is 22.2 Å². The smallest absolute Gasteiger partial charge is 0.154 e. The summed E-state index contributed by atoms with van der Waals surface area (Å²) in [7, 11) is 0. The Kier molecular flexibility index (Phi) is 4.71. The van der Waals surface area contributed by atoms with E-state index in [-0.39, 0.29) is 5.82 Å². The fraction of sp³-hybridized carbons (Fsp3) is 0.286. The van der Waals surface area contributed by atoms with Crippen LogP contribution in [0.1, 0.15) is 41.6 Å². The van der Waals surface area contributed by atoms with Gasteiger partial charge in [0.15, 0.2) is 5.17 Å². The van der Waals surface area contributed by atoms with Crippen molar-refractivity contribution < 1.29 is 4.39 Å². The highest BCUT2D eigenvalue weighted by Gasteiger charge is 2.47. The third-order valence-electron chi connectivity index (χ3n) is 5.35. The second-order valence-corrected chi connectivity index (χ2v) is 7.97. The Labute approximate surface area is 162 Å². The Bertz CT molecular complexity index is 961. The summed E-state index contributed by atoms with van der Waals surface area (Å²) in [6, 6.07) is 10.7. The molecule has 4 rings (SSSR count). The summed E-state index contributed by atoms with van der Waals surface area (Å²) in [5, 5.41) is 9.40. The molecule has 0 bridgehead atoms. The summed E-state index contributed by atoms with van der Waals surface area (Å²) in [4.78, 5) is 8.97. The third kappa shape index (κ3) is 3.35. The van der Waals surface area contributed by atoms with E-state index in [2.05, 4.69) is 4.98 Å². The largest absolute Gasteiger partial charge is 0.379 e. The number of aliphatic imine (C=N–C) groups is 1. The van der Waals surface area contributed by atoms with E-state index in [4.69, 9.17) is 16.0 Å². The molecule has 6 heteroatoms. The van der Waals surface area contributed by atoms with Gasteiger partial charge in [-0.3, -0.25) is 9.98 Å². The van der Waals surface area contributed by atoms with Crippen molar-refractivity contribution in [3.8, 4) is 6.07 Å². The zero-order chi connectivity index (χ0) is 18.9. The van der Waals surface area contributed by atoms with Crippen LogP contribution in [0, 0.1) is 23.1 Å². The Morgan fingerprint density at radius 3 is 2.96 bits per heavy atom. The lowest BCUT2D eigenvalue weighted by molar-refractivity contribution is 0.341. The lowest BCUT2D eigenvalue weighted by Gasteiger charge is -2.36. The number of aromatic nitrogens is 1. The van der Waals surface area contributed by atoms with Crippen LogP contribution in [0.25, 0.3) is 12.2 Å². The summed E-state index contributed by atoms with van der Waals surface area (Å²) in [6.07, 6.45) is 8.23. The van der Waals surface area contributed by atoms with Crippen LogP contribution in [0.5, 0.6) is 0 Å². The second-order valence-electron chi connectivity index (χ2n) is 6.93. The molecule has 1 aromatic carbocycles. The summed E-state index contributed by atoms with van der Waals surface area (Å²) in [5.41, 5.74) is 8.27. The SMILES string of the molecule is N#Cc1ccc(C=Cc2ccc(F)c(C34CCC[C@H]3CSC(N)=N4)c2)nc1. The third-order valence-corrected chi connectivity index (χ3v) is 6.30. The zero-order valence-electron chi connectivity index (χ0n) is 14.7. The van der Waals surface area contributed by atoms with Crippen molar-refractivity contribution in [3.05, 3.63) is 64.7 Å². The quantitative estimate of drug-likeness (QED) is 0.863. The number of pyridine rings is 1. The first-order valence-corrected chi connectivity index (χ1v) is 9.92. The van der Waals surface area contributed by atoms with Crippen molar-refractivity contribution in [3.63, 3.8) is 0 Å². The fourth-order valence-corrected chi connectivity index (χ4v) is 5.03. The molecule has 0 radical (unpaired) electrons. The summed E-state index contributed by atoms with van der Waals surface area (Å²) in [5.74, 6) is 0.993. The molecular formula is C21H19FN4S. The molecule has 1 fully saturated rings. The van der Waals surface area contributed by atoms with Gasteiger partial charge in [0.1, 0.15) is 11.9 Å². The van der Waals surface area contributed by atoms with Crippen LogP contribution in [0.15, 0.2) is 41.5 Å².